The lowest BCUT2D eigenvalue weighted by Gasteiger charge is -2.39. The number of nitrogens with zero attached hydrogens (tertiary/aromatic N) is 1. The molecule has 1 heterocycles. The number of likely N-dealkylation sites (tertiary alicyclic amines) is 1. The summed E-state index contributed by atoms with van der Waals surface area (Å²) in [5, 5.41) is 5.80. The van der Waals surface area contributed by atoms with E-state index in [1.165, 1.54) is 29.5 Å². The molecule has 0 aromatic heterocycles. The van der Waals surface area contributed by atoms with Gasteiger partial charge in [0.1, 0.15) is 0 Å². The molecule has 3 rings (SSSR count). The predicted octanol–water partition coefficient (Wildman–Crippen LogP) is 2.33. The number of amides is 2. The fourth-order valence-electron chi connectivity index (χ4n) is 3.92. The van der Waals surface area contributed by atoms with Gasteiger partial charge < -0.3 is 15.5 Å². The van der Waals surface area contributed by atoms with E-state index < -0.39 is 0 Å². The van der Waals surface area contributed by atoms with Crippen molar-refractivity contribution in [3.05, 3.63) is 34.9 Å². The molecule has 1 saturated heterocycles. The zero-order valence-electron chi connectivity index (χ0n) is 13.2. The van der Waals surface area contributed by atoms with E-state index in [1.807, 2.05) is 0 Å². The average molecular weight is 287 g/mol. The van der Waals surface area contributed by atoms with Crippen LogP contribution < -0.4 is 10.6 Å². The molecule has 1 aliphatic carbocycles. The molecule has 114 valence electrons. The summed E-state index contributed by atoms with van der Waals surface area (Å²) in [7, 11) is 3.87. The van der Waals surface area contributed by atoms with Gasteiger partial charge in [-0.3, -0.25) is 0 Å². The van der Waals surface area contributed by atoms with Gasteiger partial charge in [0.15, 0.2) is 0 Å². The van der Waals surface area contributed by atoms with Gasteiger partial charge in [-0.25, -0.2) is 4.79 Å². The SMILES string of the molecule is CNC(=O)N[C@@H]1CC2(CCN(C)CC2)c2cc(C)ccc21. The third-order valence-electron chi connectivity index (χ3n) is 5.23. The molecule has 0 saturated carbocycles. The molecule has 1 aliphatic heterocycles. The van der Waals surface area contributed by atoms with Gasteiger partial charge in [0.2, 0.25) is 0 Å². The molecule has 1 spiro atoms. The minimum absolute atomic E-state index is 0.0866. The zero-order valence-corrected chi connectivity index (χ0v) is 13.2. The Morgan fingerprint density at radius 1 is 1.33 bits per heavy atom. The van der Waals surface area contributed by atoms with Gasteiger partial charge in [-0.1, -0.05) is 23.8 Å². The number of hydrogen-bond donors (Lipinski definition) is 2. The Morgan fingerprint density at radius 2 is 2.05 bits per heavy atom. The van der Waals surface area contributed by atoms with Crippen LogP contribution in [0.25, 0.3) is 0 Å². The van der Waals surface area contributed by atoms with Crippen molar-refractivity contribution < 1.29 is 4.79 Å². The molecule has 2 aliphatic rings. The number of carbonyl (C=O) groups excluding carboxylic acids is 1. The second kappa shape index (κ2) is 5.34. The number of benzene rings is 1. The van der Waals surface area contributed by atoms with E-state index in [-0.39, 0.29) is 17.5 Å². The summed E-state index contributed by atoms with van der Waals surface area (Å²) in [4.78, 5) is 14.1. The molecule has 4 nitrogen and oxygen atoms in total. The molecule has 1 aromatic rings. The van der Waals surface area contributed by atoms with Crippen LogP contribution in [0.2, 0.25) is 0 Å². The van der Waals surface area contributed by atoms with Crippen molar-refractivity contribution >= 4 is 6.03 Å². The van der Waals surface area contributed by atoms with E-state index in [9.17, 15) is 4.79 Å². The highest BCUT2D eigenvalue weighted by Gasteiger charge is 2.45. The quantitative estimate of drug-likeness (QED) is 0.832. The lowest BCUT2D eigenvalue weighted by molar-refractivity contribution is 0.178. The van der Waals surface area contributed by atoms with Crippen LogP contribution in [-0.4, -0.2) is 38.1 Å². The van der Waals surface area contributed by atoms with Gasteiger partial charge in [-0.15, -0.1) is 0 Å². The van der Waals surface area contributed by atoms with Gasteiger partial charge in [-0.2, -0.15) is 0 Å². The minimum atomic E-state index is -0.0866. The first-order chi connectivity index (χ1) is 10.0. The van der Waals surface area contributed by atoms with Crippen molar-refractivity contribution in [2.24, 2.45) is 0 Å². The maximum absolute atomic E-state index is 11.7. The highest BCUT2D eigenvalue weighted by atomic mass is 16.2. The first-order valence-corrected chi connectivity index (χ1v) is 7.82. The Balaban J connectivity index is 1.94. The molecule has 1 aromatic carbocycles. The van der Waals surface area contributed by atoms with Gasteiger partial charge in [0, 0.05) is 12.5 Å². The average Bonchev–Trinajstić information content (AvgIpc) is 2.76. The zero-order chi connectivity index (χ0) is 15.0. The van der Waals surface area contributed by atoms with Crippen molar-refractivity contribution in [3.8, 4) is 0 Å². The van der Waals surface area contributed by atoms with Crippen LogP contribution in [0.4, 0.5) is 4.79 Å². The van der Waals surface area contributed by atoms with Crippen molar-refractivity contribution in [1.29, 1.82) is 0 Å². The number of urea groups is 1. The van der Waals surface area contributed by atoms with E-state index >= 15 is 0 Å². The topological polar surface area (TPSA) is 44.4 Å². The Bertz CT molecular complexity index is 547. The number of aryl methyl sites for hydroxylation is 1. The van der Waals surface area contributed by atoms with E-state index in [0.29, 0.717) is 0 Å². The molecule has 4 heteroatoms. The molecule has 2 N–H and O–H groups in total. The first kappa shape index (κ1) is 14.4. The van der Waals surface area contributed by atoms with Crippen molar-refractivity contribution in [3.63, 3.8) is 0 Å². The number of carbonyl (C=O) groups is 1. The van der Waals surface area contributed by atoms with Gasteiger partial charge >= 0.3 is 6.03 Å². The van der Waals surface area contributed by atoms with Crippen LogP contribution in [0.15, 0.2) is 18.2 Å². The minimum Gasteiger partial charge on any atom is -0.341 e. The van der Waals surface area contributed by atoms with Crippen molar-refractivity contribution in [2.45, 2.75) is 37.6 Å². The molecule has 1 fully saturated rings. The summed E-state index contributed by atoms with van der Waals surface area (Å²) < 4.78 is 0. The molecule has 0 radical (unpaired) electrons. The first-order valence-electron chi connectivity index (χ1n) is 7.82. The molecule has 1 atom stereocenters. The van der Waals surface area contributed by atoms with Gasteiger partial charge in [0.25, 0.3) is 0 Å². The second-order valence-corrected chi connectivity index (χ2v) is 6.65. The van der Waals surface area contributed by atoms with Crippen LogP contribution in [0, 0.1) is 6.92 Å². The number of nitrogens with one attached hydrogen (secondary N) is 2. The highest BCUT2D eigenvalue weighted by molar-refractivity contribution is 5.74. The largest absolute Gasteiger partial charge is 0.341 e. The standard InChI is InChI=1S/C17H25N3O/c1-12-4-5-13-14(10-12)17(6-8-20(3)9-7-17)11-15(13)19-16(21)18-2/h4-5,10,15H,6-9,11H2,1-3H3,(H2,18,19,21)/t15-/m1/s1. The third kappa shape index (κ3) is 2.53. The van der Waals surface area contributed by atoms with E-state index in [1.54, 1.807) is 7.05 Å². The Labute approximate surface area is 126 Å². The lowest BCUT2D eigenvalue weighted by atomic mass is 9.73. The normalized spacial score (nSPS) is 23.9. The fraction of sp³-hybridized carbons (Fsp3) is 0.588. The molecular formula is C17H25N3O. The van der Waals surface area contributed by atoms with Crippen LogP contribution in [-0.2, 0) is 5.41 Å². The number of hydrogen-bond acceptors (Lipinski definition) is 2. The van der Waals surface area contributed by atoms with Crippen LogP contribution >= 0.6 is 0 Å². The predicted molar refractivity (Wildman–Crippen MR) is 84.5 cm³/mol. The summed E-state index contributed by atoms with van der Waals surface area (Å²) in [6, 6.07) is 6.76. The summed E-state index contributed by atoms with van der Waals surface area (Å²) in [6.07, 6.45) is 3.41. The summed E-state index contributed by atoms with van der Waals surface area (Å²) in [5.41, 5.74) is 4.35. The van der Waals surface area contributed by atoms with Gasteiger partial charge in [-0.05, 0) is 57.5 Å². The number of rotatable bonds is 1. The lowest BCUT2D eigenvalue weighted by Crippen LogP contribution is -2.41. The number of piperidine rings is 1. The molecule has 2 amide bonds. The Hall–Kier alpha value is -1.55. The highest BCUT2D eigenvalue weighted by Crippen LogP contribution is 2.50. The number of fused-ring (bicyclic) bond motifs is 2. The molecule has 21 heavy (non-hydrogen) atoms. The summed E-state index contributed by atoms with van der Waals surface area (Å²) >= 11 is 0. The molecule has 0 bridgehead atoms. The fourth-order valence-corrected chi connectivity index (χ4v) is 3.92. The smallest absolute Gasteiger partial charge is 0.315 e. The van der Waals surface area contributed by atoms with Crippen LogP contribution in [0.3, 0.4) is 0 Å². The summed E-state index contributed by atoms with van der Waals surface area (Å²) in [6.45, 7) is 4.43. The second-order valence-electron chi connectivity index (χ2n) is 6.65. The van der Waals surface area contributed by atoms with Crippen LogP contribution in [0.5, 0.6) is 0 Å². The summed E-state index contributed by atoms with van der Waals surface area (Å²) in [5.74, 6) is 0. The Kier molecular flexibility index (Phi) is 3.66. The van der Waals surface area contributed by atoms with Crippen molar-refractivity contribution in [2.75, 3.05) is 27.2 Å². The van der Waals surface area contributed by atoms with Crippen molar-refractivity contribution in [1.82, 2.24) is 15.5 Å². The van der Waals surface area contributed by atoms with Crippen LogP contribution in [0.1, 0.15) is 42.0 Å². The Morgan fingerprint density at radius 3 is 2.71 bits per heavy atom. The maximum atomic E-state index is 11.7. The van der Waals surface area contributed by atoms with Gasteiger partial charge in [0.05, 0.1) is 6.04 Å². The van der Waals surface area contributed by atoms with E-state index in [4.69, 9.17) is 0 Å². The molecule has 0 unspecified atom stereocenters. The molecular weight excluding hydrogens is 262 g/mol. The third-order valence-corrected chi connectivity index (χ3v) is 5.23. The van der Waals surface area contributed by atoms with E-state index in [2.05, 4.69) is 47.7 Å². The van der Waals surface area contributed by atoms with E-state index in [0.717, 1.165) is 19.5 Å². The monoisotopic (exact) mass is 287 g/mol. The maximum Gasteiger partial charge on any atom is 0.315 e.